The molecule has 1 saturated carbocycles. The zero-order valence-electron chi connectivity index (χ0n) is 20.6. The lowest BCUT2D eigenvalue weighted by molar-refractivity contribution is 0.337. The van der Waals surface area contributed by atoms with E-state index in [9.17, 15) is 0 Å². The molecule has 5 rings (SSSR count). The first-order valence-corrected chi connectivity index (χ1v) is 13.0. The largest absolute Gasteiger partial charge is 0.493 e. The van der Waals surface area contributed by atoms with Gasteiger partial charge >= 0.3 is 0 Å². The highest BCUT2D eigenvalue weighted by Gasteiger charge is 2.26. The summed E-state index contributed by atoms with van der Waals surface area (Å²) in [6.45, 7) is 2.89. The standard InChI is InChI=1S/C29H34ClN3O2/c1-34-28-16-22(15-27(29(28)35-2)21-4-3-5-21)23-14-20(17-32-18-23)19-33(26-10-12-31-13-11-26)25-8-6-24(30)7-9-25/h6-9,14-18,21,26,31H,3-5,10-13,19H2,1-2H3. The number of nitrogens with zero attached hydrogens (tertiary/aromatic N) is 2. The molecule has 0 amide bonds. The summed E-state index contributed by atoms with van der Waals surface area (Å²) in [7, 11) is 3.44. The molecule has 1 N–H and O–H groups in total. The molecule has 6 heteroatoms. The highest BCUT2D eigenvalue weighted by molar-refractivity contribution is 6.30. The normalized spacial score (nSPS) is 16.5. The molecule has 0 spiro atoms. The van der Waals surface area contributed by atoms with Gasteiger partial charge in [0.2, 0.25) is 0 Å². The summed E-state index contributed by atoms with van der Waals surface area (Å²) in [5.74, 6) is 2.19. The van der Waals surface area contributed by atoms with Crippen LogP contribution in [-0.4, -0.2) is 38.3 Å². The van der Waals surface area contributed by atoms with Gasteiger partial charge in [-0.3, -0.25) is 4.98 Å². The topological polar surface area (TPSA) is 46.6 Å². The van der Waals surface area contributed by atoms with Gasteiger partial charge in [0, 0.05) is 46.8 Å². The van der Waals surface area contributed by atoms with Gasteiger partial charge in [0.05, 0.1) is 14.2 Å². The van der Waals surface area contributed by atoms with Crippen LogP contribution in [0.25, 0.3) is 11.1 Å². The molecular formula is C29H34ClN3O2. The van der Waals surface area contributed by atoms with E-state index in [0.29, 0.717) is 12.0 Å². The summed E-state index contributed by atoms with van der Waals surface area (Å²) in [6, 6.07) is 15.3. The first-order valence-electron chi connectivity index (χ1n) is 12.6. The number of piperidine rings is 1. The van der Waals surface area contributed by atoms with Gasteiger partial charge in [-0.1, -0.05) is 18.0 Å². The Morgan fingerprint density at radius 1 is 0.943 bits per heavy atom. The Kier molecular flexibility index (Phi) is 7.45. The molecule has 2 aliphatic rings. The fraction of sp³-hybridized carbons (Fsp3) is 0.414. The van der Waals surface area contributed by atoms with Gasteiger partial charge in [-0.25, -0.2) is 0 Å². The summed E-state index contributed by atoms with van der Waals surface area (Å²) < 4.78 is 11.5. The number of benzene rings is 2. The number of anilines is 1. The lowest BCUT2D eigenvalue weighted by Gasteiger charge is -2.36. The highest BCUT2D eigenvalue weighted by Crippen LogP contribution is 2.46. The van der Waals surface area contributed by atoms with Crippen LogP contribution >= 0.6 is 11.6 Å². The van der Waals surface area contributed by atoms with E-state index in [4.69, 9.17) is 21.1 Å². The first kappa shape index (κ1) is 24.0. The Bertz CT molecular complexity index is 1140. The molecule has 2 fully saturated rings. The lowest BCUT2D eigenvalue weighted by atomic mass is 9.78. The van der Waals surface area contributed by atoms with Crippen LogP contribution in [0, 0.1) is 0 Å². The number of hydrogen-bond acceptors (Lipinski definition) is 5. The zero-order chi connectivity index (χ0) is 24.2. The molecule has 0 bridgehead atoms. The summed E-state index contributed by atoms with van der Waals surface area (Å²) in [6.07, 6.45) is 9.86. The van der Waals surface area contributed by atoms with Crippen molar-refractivity contribution in [3.63, 3.8) is 0 Å². The molecular weight excluding hydrogens is 458 g/mol. The van der Waals surface area contributed by atoms with E-state index < -0.39 is 0 Å². The van der Waals surface area contributed by atoms with Gasteiger partial charge in [0.25, 0.3) is 0 Å². The summed E-state index contributed by atoms with van der Waals surface area (Å²) >= 11 is 6.19. The van der Waals surface area contributed by atoms with Gasteiger partial charge in [-0.2, -0.15) is 0 Å². The van der Waals surface area contributed by atoms with Crippen LogP contribution in [0.5, 0.6) is 11.5 Å². The van der Waals surface area contributed by atoms with Crippen molar-refractivity contribution in [3.05, 3.63) is 71.0 Å². The number of nitrogens with one attached hydrogen (secondary N) is 1. The average Bonchev–Trinajstić information content (AvgIpc) is 2.87. The first-order chi connectivity index (χ1) is 17.2. The number of hydrogen-bond donors (Lipinski definition) is 1. The molecule has 3 aromatic rings. The number of rotatable bonds is 8. The maximum absolute atomic E-state index is 6.19. The Balaban J connectivity index is 1.47. The van der Waals surface area contributed by atoms with Crippen LogP contribution in [0.15, 0.2) is 54.9 Å². The Morgan fingerprint density at radius 3 is 2.37 bits per heavy atom. The SMILES string of the molecule is COc1cc(-c2cncc(CN(c3ccc(Cl)cc3)C3CCNCC3)c2)cc(C2CCC2)c1OC. The second-order valence-electron chi connectivity index (χ2n) is 9.60. The van der Waals surface area contributed by atoms with E-state index in [-0.39, 0.29) is 0 Å². The minimum absolute atomic E-state index is 0.479. The van der Waals surface area contributed by atoms with Crippen molar-refractivity contribution in [2.45, 2.75) is 50.6 Å². The van der Waals surface area contributed by atoms with Crippen molar-refractivity contribution >= 4 is 17.3 Å². The third-order valence-electron chi connectivity index (χ3n) is 7.44. The van der Waals surface area contributed by atoms with Crippen molar-refractivity contribution in [1.29, 1.82) is 0 Å². The van der Waals surface area contributed by atoms with Crippen molar-refractivity contribution in [2.75, 3.05) is 32.2 Å². The monoisotopic (exact) mass is 491 g/mol. The highest BCUT2D eigenvalue weighted by atomic mass is 35.5. The van der Waals surface area contributed by atoms with E-state index in [1.165, 1.54) is 36.1 Å². The smallest absolute Gasteiger partial charge is 0.164 e. The van der Waals surface area contributed by atoms with Crippen LogP contribution in [0.1, 0.15) is 49.1 Å². The Hall–Kier alpha value is -2.76. The fourth-order valence-electron chi connectivity index (χ4n) is 5.29. The van der Waals surface area contributed by atoms with Crippen LogP contribution in [0.4, 0.5) is 5.69 Å². The number of ether oxygens (including phenoxy) is 2. The lowest BCUT2D eigenvalue weighted by Crippen LogP contribution is -2.43. The van der Waals surface area contributed by atoms with Gasteiger partial charge in [-0.15, -0.1) is 0 Å². The fourth-order valence-corrected chi connectivity index (χ4v) is 5.42. The molecule has 2 heterocycles. The van der Waals surface area contributed by atoms with E-state index in [2.05, 4.69) is 45.5 Å². The van der Waals surface area contributed by atoms with Crippen LogP contribution in [-0.2, 0) is 6.54 Å². The van der Waals surface area contributed by atoms with Crippen molar-refractivity contribution in [2.24, 2.45) is 0 Å². The van der Waals surface area contributed by atoms with Gasteiger partial charge in [0.15, 0.2) is 11.5 Å². The summed E-state index contributed by atoms with van der Waals surface area (Å²) in [4.78, 5) is 7.15. The predicted molar refractivity (Wildman–Crippen MR) is 143 cm³/mol. The third-order valence-corrected chi connectivity index (χ3v) is 7.69. The van der Waals surface area contributed by atoms with E-state index in [1.54, 1.807) is 14.2 Å². The molecule has 5 nitrogen and oxygen atoms in total. The molecule has 1 aliphatic heterocycles. The van der Waals surface area contributed by atoms with Crippen molar-refractivity contribution in [1.82, 2.24) is 10.3 Å². The minimum atomic E-state index is 0.479. The predicted octanol–water partition coefficient (Wildman–Crippen LogP) is 6.45. The minimum Gasteiger partial charge on any atom is -0.493 e. The molecule has 2 aromatic carbocycles. The number of pyridine rings is 1. The summed E-state index contributed by atoms with van der Waals surface area (Å²) in [5.41, 5.74) is 5.86. The maximum atomic E-state index is 6.19. The van der Waals surface area contributed by atoms with E-state index in [0.717, 1.165) is 60.1 Å². The zero-order valence-corrected chi connectivity index (χ0v) is 21.4. The van der Waals surface area contributed by atoms with Gasteiger partial charge in [0.1, 0.15) is 0 Å². The molecule has 0 atom stereocenters. The second-order valence-corrected chi connectivity index (χ2v) is 10.0. The van der Waals surface area contributed by atoms with E-state index in [1.807, 2.05) is 24.5 Å². The van der Waals surface area contributed by atoms with Crippen LogP contribution < -0.4 is 19.7 Å². The quantitative estimate of drug-likeness (QED) is 0.392. The second kappa shape index (κ2) is 10.9. The van der Waals surface area contributed by atoms with Gasteiger partial charge < -0.3 is 19.7 Å². The van der Waals surface area contributed by atoms with Crippen molar-refractivity contribution < 1.29 is 9.47 Å². The number of aromatic nitrogens is 1. The molecule has 184 valence electrons. The molecule has 35 heavy (non-hydrogen) atoms. The van der Waals surface area contributed by atoms with Crippen LogP contribution in [0.2, 0.25) is 5.02 Å². The molecule has 1 saturated heterocycles. The average molecular weight is 492 g/mol. The summed E-state index contributed by atoms with van der Waals surface area (Å²) in [5, 5.41) is 4.25. The molecule has 1 aliphatic carbocycles. The van der Waals surface area contributed by atoms with Crippen LogP contribution in [0.3, 0.4) is 0 Å². The van der Waals surface area contributed by atoms with Gasteiger partial charge in [-0.05, 0) is 98.3 Å². The van der Waals surface area contributed by atoms with E-state index >= 15 is 0 Å². The molecule has 0 unspecified atom stereocenters. The molecule has 1 aromatic heterocycles. The number of methoxy groups -OCH3 is 2. The Morgan fingerprint density at radius 2 is 1.71 bits per heavy atom. The Labute approximate surface area is 213 Å². The molecule has 0 radical (unpaired) electrons. The van der Waals surface area contributed by atoms with Crippen molar-refractivity contribution in [3.8, 4) is 22.6 Å². The number of halogens is 1. The third kappa shape index (κ3) is 5.26. The maximum Gasteiger partial charge on any atom is 0.164 e.